The minimum Gasteiger partial charge on any atom is -0.486 e. The number of rotatable bonds is 5. The van der Waals surface area contributed by atoms with Crippen LogP contribution in [0.5, 0.6) is 17.2 Å². The summed E-state index contributed by atoms with van der Waals surface area (Å²) in [6.07, 6.45) is -0.0425. The molecule has 2 heterocycles. The second-order valence-corrected chi connectivity index (χ2v) is 6.35. The van der Waals surface area contributed by atoms with Gasteiger partial charge in [0.25, 0.3) is 5.91 Å². The summed E-state index contributed by atoms with van der Waals surface area (Å²) in [5, 5.41) is 2.85. The molecule has 2 aromatic carbocycles. The molecule has 2 aliphatic heterocycles. The number of anilines is 1. The highest BCUT2D eigenvalue weighted by molar-refractivity contribution is 5.98. The van der Waals surface area contributed by atoms with Crippen molar-refractivity contribution in [2.24, 2.45) is 0 Å². The number of nitrogens with zero attached hydrogens (tertiary/aromatic N) is 1. The van der Waals surface area contributed by atoms with Crippen molar-refractivity contribution in [3.05, 3.63) is 48.5 Å². The minimum atomic E-state index is -0.241. The van der Waals surface area contributed by atoms with E-state index in [-0.39, 0.29) is 30.9 Å². The van der Waals surface area contributed by atoms with Gasteiger partial charge < -0.3 is 24.4 Å². The van der Waals surface area contributed by atoms with E-state index in [1.165, 1.54) is 0 Å². The summed E-state index contributed by atoms with van der Waals surface area (Å²) >= 11 is 0. The van der Waals surface area contributed by atoms with E-state index in [1.807, 2.05) is 48.5 Å². The number of benzene rings is 2. The van der Waals surface area contributed by atoms with Gasteiger partial charge in [0.05, 0.1) is 12.2 Å². The maximum Gasteiger partial charge on any atom is 0.265 e. The molecule has 7 nitrogen and oxygen atoms in total. The summed E-state index contributed by atoms with van der Waals surface area (Å²) in [4.78, 5) is 25.9. The zero-order valence-corrected chi connectivity index (χ0v) is 14.7. The van der Waals surface area contributed by atoms with E-state index in [4.69, 9.17) is 14.2 Å². The molecule has 27 heavy (non-hydrogen) atoms. The Morgan fingerprint density at radius 3 is 2.63 bits per heavy atom. The molecule has 1 N–H and O–H groups in total. The van der Waals surface area contributed by atoms with E-state index >= 15 is 0 Å². The Hall–Kier alpha value is -3.22. The van der Waals surface area contributed by atoms with Crippen molar-refractivity contribution in [1.82, 2.24) is 5.32 Å². The lowest BCUT2D eigenvalue weighted by molar-refractivity contribution is -0.122. The number of carbonyl (C=O) groups is 2. The molecule has 0 aromatic heterocycles. The molecule has 7 heteroatoms. The Labute approximate surface area is 156 Å². The van der Waals surface area contributed by atoms with Crippen molar-refractivity contribution in [1.29, 1.82) is 0 Å². The van der Waals surface area contributed by atoms with Gasteiger partial charge >= 0.3 is 0 Å². The van der Waals surface area contributed by atoms with Crippen molar-refractivity contribution in [2.75, 3.05) is 31.2 Å². The zero-order chi connectivity index (χ0) is 18.6. The van der Waals surface area contributed by atoms with Crippen LogP contribution in [-0.2, 0) is 9.59 Å². The minimum absolute atomic E-state index is 0.00864. The molecule has 0 bridgehead atoms. The first-order chi connectivity index (χ1) is 13.2. The number of fused-ring (bicyclic) bond motifs is 2. The van der Waals surface area contributed by atoms with Crippen molar-refractivity contribution in [3.63, 3.8) is 0 Å². The first kappa shape index (κ1) is 17.2. The van der Waals surface area contributed by atoms with Gasteiger partial charge in [0.2, 0.25) is 5.91 Å². The van der Waals surface area contributed by atoms with E-state index in [0.29, 0.717) is 42.6 Å². The molecule has 0 fully saturated rings. The van der Waals surface area contributed by atoms with Gasteiger partial charge in [-0.15, -0.1) is 0 Å². The molecule has 0 spiro atoms. The molecule has 0 saturated heterocycles. The Morgan fingerprint density at radius 1 is 1.04 bits per heavy atom. The number of nitrogens with one attached hydrogen (secondary N) is 1. The number of amides is 2. The van der Waals surface area contributed by atoms with Crippen LogP contribution in [0.25, 0.3) is 0 Å². The Bertz CT molecular complexity index is 854. The summed E-state index contributed by atoms with van der Waals surface area (Å²) in [7, 11) is 0. The van der Waals surface area contributed by atoms with Gasteiger partial charge in [0.15, 0.2) is 18.1 Å². The zero-order valence-electron chi connectivity index (χ0n) is 14.7. The van der Waals surface area contributed by atoms with Gasteiger partial charge in [-0.05, 0) is 24.3 Å². The number of carbonyl (C=O) groups excluding carboxylic acids is 2. The highest BCUT2D eigenvalue weighted by atomic mass is 16.6. The van der Waals surface area contributed by atoms with Crippen LogP contribution >= 0.6 is 0 Å². The van der Waals surface area contributed by atoms with Crippen LogP contribution in [-0.4, -0.2) is 44.2 Å². The largest absolute Gasteiger partial charge is 0.486 e. The van der Waals surface area contributed by atoms with Crippen molar-refractivity contribution >= 4 is 17.5 Å². The average molecular weight is 368 g/mol. The maximum atomic E-state index is 12.2. The van der Waals surface area contributed by atoms with E-state index in [9.17, 15) is 9.59 Å². The Kier molecular flexibility index (Phi) is 4.82. The summed E-state index contributed by atoms with van der Waals surface area (Å²) in [5.41, 5.74) is 0.696. The van der Waals surface area contributed by atoms with Gasteiger partial charge in [0, 0.05) is 13.0 Å². The van der Waals surface area contributed by atoms with E-state index in [0.717, 1.165) is 0 Å². The van der Waals surface area contributed by atoms with Crippen LogP contribution < -0.4 is 24.4 Å². The van der Waals surface area contributed by atoms with Gasteiger partial charge in [0.1, 0.15) is 18.5 Å². The quantitative estimate of drug-likeness (QED) is 0.870. The predicted octanol–water partition coefficient (Wildman–Crippen LogP) is 1.76. The fraction of sp³-hybridized carbons (Fsp3) is 0.300. The fourth-order valence-electron chi connectivity index (χ4n) is 3.09. The molecular weight excluding hydrogens is 348 g/mol. The summed E-state index contributed by atoms with van der Waals surface area (Å²) < 4.78 is 16.9. The molecular formula is C20H20N2O5. The molecule has 0 saturated carbocycles. The first-order valence-corrected chi connectivity index (χ1v) is 8.88. The number of ether oxygens (including phenoxy) is 3. The number of hydrogen-bond acceptors (Lipinski definition) is 5. The van der Waals surface area contributed by atoms with Gasteiger partial charge in [-0.2, -0.15) is 0 Å². The van der Waals surface area contributed by atoms with E-state index < -0.39 is 0 Å². The van der Waals surface area contributed by atoms with Crippen molar-refractivity contribution in [3.8, 4) is 17.2 Å². The summed E-state index contributed by atoms with van der Waals surface area (Å²) in [6.45, 7) is 1.02. The van der Waals surface area contributed by atoms with Crippen LogP contribution in [0.4, 0.5) is 5.69 Å². The van der Waals surface area contributed by atoms with Crippen LogP contribution in [0, 0.1) is 0 Å². The molecule has 4 rings (SSSR count). The SMILES string of the molecule is O=C(CCN1C(=O)COc2ccccc21)NC[C@@H]1COc2ccccc2O1. The molecule has 1 atom stereocenters. The lowest BCUT2D eigenvalue weighted by atomic mass is 10.2. The normalized spacial score (nSPS) is 17.7. The topological polar surface area (TPSA) is 77.1 Å². The van der Waals surface area contributed by atoms with Gasteiger partial charge in [-0.3, -0.25) is 9.59 Å². The third-order valence-corrected chi connectivity index (χ3v) is 4.47. The second kappa shape index (κ2) is 7.57. The monoisotopic (exact) mass is 368 g/mol. The molecule has 0 aliphatic carbocycles. The van der Waals surface area contributed by atoms with E-state index in [2.05, 4.69) is 5.32 Å². The van der Waals surface area contributed by atoms with Crippen LogP contribution in [0.1, 0.15) is 6.42 Å². The maximum absolute atomic E-state index is 12.2. The third kappa shape index (κ3) is 3.81. The number of para-hydroxylation sites is 4. The van der Waals surface area contributed by atoms with Crippen molar-refractivity contribution in [2.45, 2.75) is 12.5 Å². The van der Waals surface area contributed by atoms with Gasteiger partial charge in [-0.1, -0.05) is 24.3 Å². The van der Waals surface area contributed by atoms with Crippen molar-refractivity contribution < 1.29 is 23.8 Å². The lowest BCUT2D eigenvalue weighted by Gasteiger charge is -2.29. The highest BCUT2D eigenvalue weighted by Crippen LogP contribution is 2.32. The Balaban J connectivity index is 1.28. The van der Waals surface area contributed by atoms with Crippen LogP contribution in [0.15, 0.2) is 48.5 Å². The fourth-order valence-corrected chi connectivity index (χ4v) is 3.09. The predicted molar refractivity (Wildman–Crippen MR) is 98.3 cm³/mol. The third-order valence-electron chi connectivity index (χ3n) is 4.47. The van der Waals surface area contributed by atoms with Crippen LogP contribution in [0.2, 0.25) is 0 Å². The smallest absolute Gasteiger partial charge is 0.265 e. The molecule has 2 aliphatic rings. The average Bonchev–Trinajstić information content (AvgIpc) is 2.71. The standard InChI is InChI=1S/C20H20N2O5/c23-19(21-11-14-12-25-17-7-3-4-8-18(17)27-14)9-10-22-15-5-1-2-6-16(15)26-13-20(22)24/h1-8,14H,9-13H2,(H,21,23)/t14-/m1/s1. The molecule has 2 amide bonds. The molecule has 140 valence electrons. The summed E-state index contributed by atoms with van der Waals surface area (Å²) in [6, 6.07) is 14.8. The van der Waals surface area contributed by atoms with Gasteiger partial charge in [-0.25, -0.2) is 0 Å². The number of hydrogen-bond donors (Lipinski definition) is 1. The first-order valence-electron chi connectivity index (χ1n) is 8.88. The lowest BCUT2D eigenvalue weighted by Crippen LogP contribution is -2.43. The molecule has 0 unspecified atom stereocenters. The Morgan fingerprint density at radius 2 is 1.78 bits per heavy atom. The summed E-state index contributed by atoms with van der Waals surface area (Å²) in [5.74, 6) is 1.75. The molecule has 2 aromatic rings. The molecule has 0 radical (unpaired) electrons. The van der Waals surface area contributed by atoms with Crippen LogP contribution in [0.3, 0.4) is 0 Å². The second-order valence-electron chi connectivity index (χ2n) is 6.35. The van der Waals surface area contributed by atoms with E-state index in [1.54, 1.807) is 4.90 Å². The highest BCUT2D eigenvalue weighted by Gasteiger charge is 2.26.